The van der Waals surface area contributed by atoms with Crippen molar-refractivity contribution >= 4 is 22.2 Å². The molecule has 18 heavy (non-hydrogen) atoms. The molecule has 0 radical (unpaired) electrons. The molecule has 0 aliphatic rings. The van der Waals surface area contributed by atoms with Gasteiger partial charge in [0.1, 0.15) is 5.01 Å². The summed E-state index contributed by atoms with van der Waals surface area (Å²) >= 11 is 1.71. The third kappa shape index (κ3) is 1.83. The van der Waals surface area contributed by atoms with Gasteiger partial charge in [-0.15, -0.1) is 11.3 Å². The summed E-state index contributed by atoms with van der Waals surface area (Å²) in [5.41, 5.74) is 3.57. The lowest BCUT2D eigenvalue weighted by Crippen LogP contribution is -2.04. The van der Waals surface area contributed by atoms with Crippen LogP contribution in [0.15, 0.2) is 35.8 Å². The smallest absolute Gasteiger partial charge is 0.125 e. The minimum Gasteiger partial charge on any atom is -0.350 e. The van der Waals surface area contributed by atoms with Crippen molar-refractivity contribution in [3.63, 3.8) is 0 Å². The molecule has 0 bridgehead atoms. The lowest BCUT2D eigenvalue weighted by Gasteiger charge is -1.94. The Labute approximate surface area is 110 Å². The van der Waals surface area contributed by atoms with Crippen LogP contribution in [0.1, 0.15) is 5.69 Å². The molecule has 0 aliphatic heterocycles. The van der Waals surface area contributed by atoms with Crippen LogP contribution >= 0.6 is 11.3 Å². The van der Waals surface area contributed by atoms with E-state index in [0.717, 1.165) is 17.2 Å². The van der Waals surface area contributed by atoms with E-state index in [1.165, 1.54) is 16.5 Å². The number of rotatable bonds is 3. The van der Waals surface area contributed by atoms with E-state index in [1.807, 2.05) is 7.05 Å². The number of hydrogen-bond acceptors (Lipinski definition) is 3. The molecular formula is C14H15N3S. The first-order valence-electron chi connectivity index (χ1n) is 5.93. The summed E-state index contributed by atoms with van der Waals surface area (Å²) in [6.45, 7) is 0.821. The largest absolute Gasteiger partial charge is 0.350 e. The van der Waals surface area contributed by atoms with Gasteiger partial charge in [-0.25, -0.2) is 4.98 Å². The highest BCUT2D eigenvalue weighted by Crippen LogP contribution is 2.32. The Balaban J connectivity index is 2.13. The molecule has 3 aromatic rings. The number of aryl methyl sites for hydroxylation is 1. The van der Waals surface area contributed by atoms with Gasteiger partial charge in [0, 0.05) is 41.6 Å². The van der Waals surface area contributed by atoms with Crippen molar-refractivity contribution in [1.82, 2.24) is 14.9 Å². The number of aromatic nitrogens is 2. The van der Waals surface area contributed by atoms with Crippen molar-refractivity contribution in [2.75, 3.05) is 7.05 Å². The minimum absolute atomic E-state index is 0.821. The number of benzene rings is 1. The van der Waals surface area contributed by atoms with Gasteiger partial charge in [-0.1, -0.05) is 18.2 Å². The third-order valence-electron chi connectivity index (χ3n) is 3.04. The monoisotopic (exact) mass is 257 g/mol. The number of thiazole rings is 1. The zero-order valence-corrected chi connectivity index (χ0v) is 11.3. The molecular weight excluding hydrogens is 242 g/mol. The standard InChI is InChI=1S/C14H15N3S/c1-15-7-10-9-18-14(16-10)12-8-17(2)13-6-4-3-5-11(12)13/h3-6,8-9,15H,7H2,1-2H3. The lowest BCUT2D eigenvalue weighted by atomic mass is 10.2. The Morgan fingerprint density at radius 2 is 2.17 bits per heavy atom. The van der Waals surface area contributed by atoms with E-state index in [2.05, 4.69) is 57.8 Å². The minimum atomic E-state index is 0.821. The second kappa shape index (κ2) is 4.55. The third-order valence-corrected chi connectivity index (χ3v) is 3.96. The fraction of sp³-hybridized carbons (Fsp3) is 0.214. The van der Waals surface area contributed by atoms with E-state index < -0.39 is 0 Å². The average Bonchev–Trinajstić information content (AvgIpc) is 2.96. The summed E-state index contributed by atoms with van der Waals surface area (Å²) < 4.78 is 2.16. The Bertz CT molecular complexity index is 681. The van der Waals surface area contributed by atoms with Crippen LogP contribution in [0.25, 0.3) is 21.5 Å². The molecule has 3 nitrogen and oxygen atoms in total. The van der Waals surface area contributed by atoms with E-state index in [-0.39, 0.29) is 0 Å². The lowest BCUT2D eigenvalue weighted by molar-refractivity contribution is 0.798. The predicted molar refractivity (Wildman–Crippen MR) is 76.8 cm³/mol. The molecule has 0 aliphatic carbocycles. The average molecular weight is 257 g/mol. The number of nitrogens with one attached hydrogen (secondary N) is 1. The van der Waals surface area contributed by atoms with E-state index in [0.29, 0.717) is 0 Å². The number of hydrogen-bond donors (Lipinski definition) is 1. The van der Waals surface area contributed by atoms with Gasteiger partial charge in [-0.2, -0.15) is 0 Å². The zero-order valence-electron chi connectivity index (χ0n) is 10.5. The SMILES string of the molecule is CNCc1csc(-c2cn(C)c3ccccc23)n1. The summed E-state index contributed by atoms with van der Waals surface area (Å²) in [6, 6.07) is 8.44. The first-order valence-corrected chi connectivity index (χ1v) is 6.81. The van der Waals surface area contributed by atoms with Crippen LogP contribution in [-0.4, -0.2) is 16.6 Å². The van der Waals surface area contributed by atoms with E-state index in [9.17, 15) is 0 Å². The molecule has 0 fully saturated rings. The maximum absolute atomic E-state index is 4.68. The van der Waals surface area contributed by atoms with Crippen LogP contribution in [0, 0.1) is 0 Å². The molecule has 0 saturated heterocycles. The van der Waals surface area contributed by atoms with Crippen LogP contribution in [0.2, 0.25) is 0 Å². The molecule has 3 rings (SSSR count). The second-order valence-corrected chi connectivity index (χ2v) is 5.20. The Morgan fingerprint density at radius 1 is 1.33 bits per heavy atom. The maximum Gasteiger partial charge on any atom is 0.125 e. The molecule has 2 aromatic heterocycles. The van der Waals surface area contributed by atoms with Crippen LogP contribution in [0.3, 0.4) is 0 Å². The maximum atomic E-state index is 4.68. The van der Waals surface area contributed by atoms with Crippen LogP contribution in [0.5, 0.6) is 0 Å². The molecule has 92 valence electrons. The highest BCUT2D eigenvalue weighted by molar-refractivity contribution is 7.13. The van der Waals surface area contributed by atoms with Gasteiger partial charge in [0.25, 0.3) is 0 Å². The fourth-order valence-corrected chi connectivity index (χ4v) is 3.05. The van der Waals surface area contributed by atoms with Gasteiger partial charge >= 0.3 is 0 Å². The Hall–Kier alpha value is -1.65. The summed E-state index contributed by atoms with van der Waals surface area (Å²) in [6.07, 6.45) is 2.16. The van der Waals surface area contributed by atoms with Gasteiger partial charge in [0.2, 0.25) is 0 Å². The fourth-order valence-electron chi connectivity index (χ4n) is 2.21. The summed E-state index contributed by atoms with van der Waals surface area (Å²) in [5, 5.41) is 7.61. The van der Waals surface area contributed by atoms with Crippen LogP contribution < -0.4 is 5.32 Å². The van der Waals surface area contributed by atoms with E-state index in [1.54, 1.807) is 11.3 Å². The first kappa shape index (κ1) is 11.4. The molecule has 0 atom stereocenters. The van der Waals surface area contributed by atoms with Gasteiger partial charge in [-0.3, -0.25) is 0 Å². The van der Waals surface area contributed by atoms with E-state index in [4.69, 9.17) is 0 Å². The predicted octanol–water partition coefficient (Wildman–Crippen LogP) is 3.02. The molecule has 0 amide bonds. The van der Waals surface area contributed by atoms with Gasteiger partial charge < -0.3 is 9.88 Å². The van der Waals surface area contributed by atoms with Crippen molar-refractivity contribution in [3.05, 3.63) is 41.5 Å². The number of para-hydroxylation sites is 1. The molecule has 0 unspecified atom stereocenters. The van der Waals surface area contributed by atoms with Gasteiger partial charge in [-0.05, 0) is 13.1 Å². The van der Waals surface area contributed by atoms with Gasteiger partial charge in [0.15, 0.2) is 0 Å². The van der Waals surface area contributed by atoms with Crippen LogP contribution in [-0.2, 0) is 13.6 Å². The van der Waals surface area contributed by atoms with Crippen molar-refractivity contribution in [2.45, 2.75) is 6.54 Å². The highest BCUT2D eigenvalue weighted by Gasteiger charge is 2.11. The first-order chi connectivity index (χ1) is 8.79. The summed E-state index contributed by atoms with van der Waals surface area (Å²) in [7, 11) is 4.02. The zero-order chi connectivity index (χ0) is 12.5. The Kier molecular flexibility index (Phi) is 2.89. The quantitative estimate of drug-likeness (QED) is 0.781. The number of fused-ring (bicyclic) bond motifs is 1. The normalized spacial score (nSPS) is 11.2. The topological polar surface area (TPSA) is 29.9 Å². The van der Waals surface area contributed by atoms with Crippen molar-refractivity contribution in [1.29, 1.82) is 0 Å². The van der Waals surface area contributed by atoms with Crippen molar-refractivity contribution in [3.8, 4) is 10.6 Å². The highest BCUT2D eigenvalue weighted by atomic mass is 32.1. The summed E-state index contributed by atoms with van der Waals surface area (Å²) in [5.74, 6) is 0. The van der Waals surface area contributed by atoms with Crippen LogP contribution in [0.4, 0.5) is 0 Å². The van der Waals surface area contributed by atoms with Gasteiger partial charge in [0.05, 0.1) is 5.69 Å². The Morgan fingerprint density at radius 3 is 3.00 bits per heavy atom. The van der Waals surface area contributed by atoms with Crippen molar-refractivity contribution < 1.29 is 0 Å². The second-order valence-electron chi connectivity index (χ2n) is 4.35. The molecule has 2 heterocycles. The van der Waals surface area contributed by atoms with E-state index >= 15 is 0 Å². The molecule has 4 heteroatoms. The number of nitrogens with zero attached hydrogens (tertiary/aromatic N) is 2. The molecule has 0 saturated carbocycles. The molecule has 1 N–H and O–H groups in total. The molecule has 1 aromatic carbocycles. The molecule has 0 spiro atoms. The summed E-state index contributed by atoms with van der Waals surface area (Å²) in [4.78, 5) is 4.68. The van der Waals surface area contributed by atoms with Crippen molar-refractivity contribution in [2.24, 2.45) is 7.05 Å².